The lowest BCUT2D eigenvalue weighted by Crippen LogP contribution is -2.38. The van der Waals surface area contributed by atoms with Crippen LogP contribution >= 0.6 is 0 Å². The fourth-order valence-corrected chi connectivity index (χ4v) is 3.20. The van der Waals surface area contributed by atoms with E-state index in [4.69, 9.17) is 5.11 Å². The first-order chi connectivity index (χ1) is 13.6. The number of aromatic carboxylic acids is 1. The number of rotatable bonds is 5. The van der Waals surface area contributed by atoms with Crippen LogP contribution in [0, 0.1) is 13.8 Å². The second-order valence-electron chi connectivity index (χ2n) is 6.77. The molecule has 1 aliphatic rings. The normalized spacial score (nSPS) is 15.0. The zero-order valence-electron chi connectivity index (χ0n) is 15.9. The molecule has 1 aliphatic heterocycles. The Bertz CT molecular complexity index is 1100. The number of hydrogen-bond acceptors (Lipinski definition) is 4. The van der Waals surface area contributed by atoms with Gasteiger partial charge in [0, 0.05) is 22.6 Å². The highest BCUT2D eigenvalue weighted by Gasteiger charge is 2.27. The van der Waals surface area contributed by atoms with E-state index in [0.29, 0.717) is 33.8 Å². The number of fused-ring (bicyclic) bond motifs is 1. The largest absolute Gasteiger partial charge is 0.480 e. The van der Waals surface area contributed by atoms with Gasteiger partial charge in [-0.3, -0.25) is 14.4 Å². The Hall–Kier alpha value is -3.88. The van der Waals surface area contributed by atoms with E-state index >= 15 is 0 Å². The molecule has 2 aromatic rings. The second-order valence-corrected chi connectivity index (χ2v) is 6.77. The maximum absolute atomic E-state index is 12.5. The van der Waals surface area contributed by atoms with Crippen LogP contribution in [0.1, 0.15) is 50.2 Å². The summed E-state index contributed by atoms with van der Waals surface area (Å²) in [5.41, 5.74) is 3.11. The van der Waals surface area contributed by atoms with Crippen LogP contribution in [0.2, 0.25) is 0 Å². The zero-order valence-corrected chi connectivity index (χ0v) is 15.9. The average Bonchev–Trinajstić information content (AvgIpc) is 3.10. The third-order valence-electron chi connectivity index (χ3n) is 4.76. The number of carbonyl (C=O) groups is 4. The van der Waals surface area contributed by atoms with Crippen molar-refractivity contribution in [3.05, 3.63) is 51.8 Å². The highest BCUT2D eigenvalue weighted by Crippen LogP contribution is 2.34. The molecule has 2 amide bonds. The Morgan fingerprint density at radius 1 is 1.17 bits per heavy atom. The van der Waals surface area contributed by atoms with Crippen LogP contribution in [0.15, 0.2) is 18.2 Å². The third-order valence-corrected chi connectivity index (χ3v) is 4.76. The first kappa shape index (κ1) is 19.9. The molecular weight excluding hydrogens is 378 g/mol. The molecule has 2 heterocycles. The summed E-state index contributed by atoms with van der Waals surface area (Å²) in [5.74, 6) is -3.19. The molecule has 0 spiro atoms. The van der Waals surface area contributed by atoms with Gasteiger partial charge in [-0.15, -0.1) is 0 Å². The molecule has 0 saturated heterocycles. The number of aliphatic carboxylic acids is 1. The average molecular weight is 397 g/mol. The SMILES string of the molecule is Cc1[nH]c(/C=C2\C(=O)Nc3ccc(C(=O)O)cc32)c(C)c1C(=O)N[C@@H](C)C(=O)O. The molecule has 9 heteroatoms. The van der Waals surface area contributed by atoms with Gasteiger partial charge in [0.2, 0.25) is 0 Å². The van der Waals surface area contributed by atoms with Gasteiger partial charge in [-0.05, 0) is 50.6 Å². The fourth-order valence-electron chi connectivity index (χ4n) is 3.20. The van der Waals surface area contributed by atoms with Crippen molar-refractivity contribution in [1.82, 2.24) is 10.3 Å². The van der Waals surface area contributed by atoms with Crippen LogP contribution in [-0.2, 0) is 9.59 Å². The van der Waals surface area contributed by atoms with Crippen molar-refractivity contribution in [3.8, 4) is 0 Å². The first-order valence-electron chi connectivity index (χ1n) is 8.73. The first-order valence-corrected chi connectivity index (χ1v) is 8.73. The maximum Gasteiger partial charge on any atom is 0.335 e. The van der Waals surface area contributed by atoms with Crippen molar-refractivity contribution in [1.29, 1.82) is 0 Å². The van der Waals surface area contributed by atoms with E-state index in [9.17, 15) is 24.3 Å². The number of carbonyl (C=O) groups excluding carboxylic acids is 2. The smallest absolute Gasteiger partial charge is 0.335 e. The number of H-pyrrole nitrogens is 1. The van der Waals surface area contributed by atoms with Gasteiger partial charge >= 0.3 is 11.9 Å². The summed E-state index contributed by atoms with van der Waals surface area (Å²) in [6.07, 6.45) is 1.55. The van der Waals surface area contributed by atoms with Crippen LogP contribution in [-0.4, -0.2) is 45.0 Å². The molecule has 1 aromatic heterocycles. The predicted octanol–water partition coefficient (Wildman–Crippen LogP) is 2.03. The van der Waals surface area contributed by atoms with Gasteiger partial charge in [0.05, 0.1) is 16.7 Å². The second kappa shape index (κ2) is 7.27. The molecule has 0 unspecified atom stereocenters. The lowest BCUT2D eigenvalue weighted by atomic mass is 10.0. The molecule has 0 fully saturated rings. The van der Waals surface area contributed by atoms with Crippen molar-refractivity contribution < 1.29 is 29.4 Å². The van der Waals surface area contributed by atoms with Gasteiger partial charge < -0.3 is 25.8 Å². The lowest BCUT2D eigenvalue weighted by molar-refractivity contribution is -0.138. The molecule has 1 aromatic carbocycles. The Balaban J connectivity index is 2.02. The molecule has 0 radical (unpaired) electrons. The molecule has 29 heavy (non-hydrogen) atoms. The number of carboxylic acid groups (broad SMARTS) is 2. The number of hydrogen-bond donors (Lipinski definition) is 5. The maximum atomic E-state index is 12.5. The van der Waals surface area contributed by atoms with E-state index in [1.807, 2.05) is 0 Å². The van der Waals surface area contributed by atoms with Crippen molar-refractivity contribution in [3.63, 3.8) is 0 Å². The molecule has 0 aliphatic carbocycles. The molecule has 3 rings (SSSR count). The topological polar surface area (TPSA) is 149 Å². The predicted molar refractivity (Wildman–Crippen MR) is 105 cm³/mol. The van der Waals surface area contributed by atoms with Crippen LogP contribution in [0.3, 0.4) is 0 Å². The van der Waals surface area contributed by atoms with Gasteiger partial charge in [0.15, 0.2) is 0 Å². The van der Waals surface area contributed by atoms with Crippen molar-refractivity contribution in [2.45, 2.75) is 26.8 Å². The van der Waals surface area contributed by atoms with E-state index in [-0.39, 0.29) is 17.0 Å². The van der Waals surface area contributed by atoms with Gasteiger partial charge in [-0.1, -0.05) is 0 Å². The number of aromatic amines is 1. The molecule has 150 valence electrons. The van der Waals surface area contributed by atoms with Crippen molar-refractivity contribution in [2.75, 3.05) is 5.32 Å². The number of aryl methyl sites for hydroxylation is 1. The summed E-state index contributed by atoms with van der Waals surface area (Å²) in [6, 6.07) is 3.28. The Morgan fingerprint density at radius 3 is 2.48 bits per heavy atom. The molecular formula is C20H19N3O6. The summed E-state index contributed by atoms with van der Waals surface area (Å²) in [5, 5.41) is 23.3. The molecule has 1 atom stereocenters. The monoisotopic (exact) mass is 397 g/mol. The number of nitrogens with one attached hydrogen (secondary N) is 3. The number of carboxylic acids is 2. The minimum absolute atomic E-state index is 0.0493. The minimum Gasteiger partial charge on any atom is -0.480 e. The fraction of sp³-hybridized carbons (Fsp3) is 0.200. The van der Waals surface area contributed by atoms with Crippen LogP contribution in [0.25, 0.3) is 11.6 Å². The van der Waals surface area contributed by atoms with Crippen LogP contribution in [0.5, 0.6) is 0 Å². The third kappa shape index (κ3) is 3.62. The standard InChI is InChI=1S/C20H19N3O6/c1-8-15(21-9(2)16(8)18(25)22-10(3)19(26)27)7-13-12-6-11(20(28)29)4-5-14(12)23-17(13)24/h4-7,10,21H,1-3H3,(H,22,25)(H,23,24)(H,26,27)(H,28,29)/b13-7-/t10-/m0/s1. The van der Waals surface area contributed by atoms with Gasteiger partial charge in [-0.2, -0.15) is 0 Å². The van der Waals surface area contributed by atoms with Gasteiger partial charge in [0.25, 0.3) is 11.8 Å². The number of anilines is 1. The summed E-state index contributed by atoms with van der Waals surface area (Å²) in [6.45, 7) is 4.71. The summed E-state index contributed by atoms with van der Waals surface area (Å²) in [4.78, 5) is 50.1. The molecule has 9 nitrogen and oxygen atoms in total. The quantitative estimate of drug-likeness (QED) is 0.488. The van der Waals surface area contributed by atoms with E-state index in [2.05, 4.69) is 15.6 Å². The highest BCUT2D eigenvalue weighted by molar-refractivity contribution is 6.35. The van der Waals surface area contributed by atoms with E-state index in [1.54, 1.807) is 19.9 Å². The van der Waals surface area contributed by atoms with Gasteiger partial charge in [0.1, 0.15) is 6.04 Å². The Morgan fingerprint density at radius 2 is 1.86 bits per heavy atom. The van der Waals surface area contributed by atoms with E-state index < -0.39 is 23.9 Å². The van der Waals surface area contributed by atoms with E-state index in [1.165, 1.54) is 25.1 Å². The van der Waals surface area contributed by atoms with Gasteiger partial charge in [-0.25, -0.2) is 4.79 Å². The Kier molecular flexibility index (Phi) is 4.98. The number of amides is 2. The minimum atomic E-state index is -1.15. The summed E-state index contributed by atoms with van der Waals surface area (Å²) in [7, 11) is 0. The molecule has 0 saturated carbocycles. The number of aromatic nitrogens is 1. The van der Waals surface area contributed by atoms with Crippen molar-refractivity contribution in [2.24, 2.45) is 0 Å². The zero-order chi connectivity index (χ0) is 21.5. The lowest BCUT2D eigenvalue weighted by Gasteiger charge is -2.09. The summed E-state index contributed by atoms with van der Waals surface area (Å²) >= 11 is 0. The molecule has 0 bridgehead atoms. The summed E-state index contributed by atoms with van der Waals surface area (Å²) < 4.78 is 0. The molecule has 5 N–H and O–H groups in total. The van der Waals surface area contributed by atoms with E-state index in [0.717, 1.165) is 0 Å². The van der Waals surface area contributed by atoms with Crippen LogP contribution < -0.4 is 10.6 Å². The van der Waals surface area contributed by atoms with Crippen LogP contribution in [0.4, 0.5) is 5.69 Å². The Labute approximate surface area is 165 Å². The number of benzene rings is 1. The highest BCUT2D eigenvalue weighted by atomic mass is 16.4. The van der Waals surface area contributed by atoms with Crippen molar-refractivity contribution >= 4 is 41.1 Å².